The number of hydrogen-bond donors (Lipinski definition) is 1. The van der Waals surface area contributed by atoms with Crippen molar-refractivity contribution in [1.82, 2.24) is 9.62 Å². The second-order valence-electron chi connectivity index (χ2n) is 7.54. The first-order valence-electron chi connectivity index (χ1n) is 10.2. The quantitative estimate of drug-likeness (QED) is 0.603. The van der Waals surface area contributed by atoms with Gasteiger partial charge in [0.05, 0.1) is 10.9 Å². The van der Waals surface area contributed by atoms with Crippen LogP contribution in [0.1, 0.15) is 17.8 Å². The zero-order chi connectivity index (χ0) is 21.0. The summed E-state index contributed by atoms with van der Waals surface area (Å²) < 4.78 is 28.7. The molecule has 2 atom stereocenters. The molecule has 0 saturated carbocycles. The average Bonchev–Trinajstić information content (AvgIpc) is 3.29. The van der Waals surface area contributed by atoms with Gasteiger partial charge < -0.3 is 4.90 Å². The number of para-hydroxylation sites is 1. The van der Waals surface area contributed by atoms with E-state index in [2.05, 4.69) is 50.2 Å². The lowest BCUT2D eigenvalue weighted by Gasteiger charge is -2.42. The normalized spacial score (nSPS) is 17.6. The minimum Gasteiger partial charge on any atom is -0.369 e. The Morgan fingerprint density at radius 1 is 0.867 bits per heavy atom. The molecular formula is C23H27N3O2S2. The SMILES string of the molecule is C[C@H](NS(=O)(=O)c1ccccc1)[C@H](c1cccs1)N1CCN(c2ccccc2)CC1. The predicted octanol–water partition coefficient (Wildman–Crippen LogP) is 3.98. The molecule has 1 N–H and O–H groups in total. The molecule has 0 aliphatic carbocycles. The van der Waals surface area contributed by atoms with Gasteiger partial charge in [-0.1, -0.05) is 42.5 Å². The molecule has 1 saturated heterocycles. The van der Waals surface area contributed by atoms with Gasteiger partial charge in [-0.25, -0.2) is 13.1 Å². The van der Waals surface area contributed by atoms with E-state index in [1.807, 2.05) is 25.1 Å². The fraction of sp³-hybridized carbons (Fsp3) is 0.304. The summed E-state index contributed by atoms with van der Waals surface area (Å²) >= 11 is 1.68. The first kappa shape index (κ1) is 21.1. The highest BCUT2D eigenvalue weighted by molar-refractivity contribution is 7.89. The molecule has 0 unspecified atom stereocenters. The molecule has 0 bridgehead atoms. The van der Waals surface area contributed by atoms with Crippen molar-refractivity contribution in [3.63, 3.8) is 0 Å². The number of hydrogen-bond acceptors (Lipinski definition) is 5. The Morgan fingerprint density at radius 2 is 1.50 bits per heavy atom. The third-order valence-electron chi connectivity index (χ3n) is 5.53. The van der Waals surface area contributed by atoms with E-state index in [1.165, 1.54) is 10.6 Å². The zero-order valence-corrected chi connectivity index (χ0v) is 18.6. The van der Waals surface area contributed by atoms with Gasteiger partial charge in [0.15, 0.2) is 0 Å². The molecule has 2 aromatic carbocycles. The van der Waals surface area contributed by atoms with Crippen LogP contribution in [0.15, 0.2) is 83.1 Å². The van der Waals surface area contributed by atoms with E-state index in [-0.39, 0.29) is 12.1 Å². The molecule has 5 nitrogen and oxygen atoms in total. The summed E-state index contributed by atoms with van der Waals surface area (Å²) in [5, 5.41) is 2.06. The monoisotopic (exact) mass is 441 g/mol. The third kappa shape index (κ3) is 4.75. The van der Waals surface area contributed by atoms with Crippen LogP contribution in [-0.4, -0.2) is 45.5 Å². The highest BCUT2D eigenvalue weighted by Crippen LogP contribution is 2.31. The molecule has 0 amide bonds. The summed E-state index contributed by atoms with van der Waals surface area (Å²) in [6.45, 7) is 5.58. The molecular weight excluding hydrogens is 414 g/mol. The Hall–Kier alpha value is -2.19. The summed E-state index contributed by atoms with van der Waals surface area (Å²) in [6.07, 6.45) is 0. The van der Waals surface area contributed by atoms with Gasteiger partial charge >= 0.3 is 0 Å². The second kappa shape index (κ2) is 9.31. The van der Waals surface area contributed by atoms with Crippen molar-refractivity contribution in [1.29, 1.82) is 0 Å². The molecule has 4 rings (SSSR count). The van der Waals surface area contributed by atoms with E-state index >= 15 is 0 Å². The van der Waals surface area contributed by atoms with E-state index in [1.54, 1.807) is 35.6 Å². The molecule has 7 heteroatoms. The lowest BCUT2D eigenvalue weighted by Crippen LogP contribution is -2.52. The lowest BCUT2D eigenvalue weighted by atomic mass is 10.1. The first-order chi connectivity index (χ1) is 14.5. The van der Waals surface area contributed by atoms with Crippen LogP contribution in [0.4, 0.5) is 5.69 Å². The molecule has 158 valence electrons. The molecule has 3 aromatic rings. The zero-order valence-electron chi connectivity index (χ0n) is 17.0. The van der Waals surface area contributed by atoms with E-state index in [4.69, 9.17) is 0 Å². The van der Waals surface area contributed by atoms with Crippen molar-refractivity contribution in [3.8, 4) is 0 Å². The van der Waals surface area contributed by atoms with Crippen molar-refractivity contribution in [2.24, 2.45) is 0 Å². The van der Waals surface area contributed by atoms with Crippen molar-refractivity contribution >= 4 is 27.0 Å². The number of anilines is 1. The number of thiophene rings is 1. The van der Waals surface area contributed by atoms with E-state index < -0.39 is 10.0 Å². The van der Waals surface area contributed by atoms with E-state index in [0.717, 1.165) is 26.2 Å². The molecule has 1 fully saturated rings. The Bertz CT molecular complexity index is 1020. The average molecular weight is 442 g/mol. The minimum absolute atomic E-state index is 0.00131. The largest absolute Gasteiger partial charge is 0.369 e. The summed E-state index contributed by atoms with van der Waals surface area (Å²) in [7, 11) is -3.57. The van der Waals surface area contributed by atoms with Gasteiger partial charge in [0.25, 0.3) is 0 Å². The van der Waals surface area contributed by atoms with Gasteiger partial charge in [-0.2, -0.15) is 0 Å². The summed E-state index contributed by atoms with van der Waals surface area (Å²) in [6, 6.07) is 22.9. The van der Waals surface area contributed by atoms with Crippen molar-refractivity contribution in [2.75, 3.05) is 31.1 Å². The van der Waals surface area contributed by atoms with Gasteiger partial charge in [0.1, 0.15) is 0 Å². The van der Waals surface area contributed by atoms with Gasteiger partial charge in [0.2, 0.25) is 10.0 Å². The topological polar surface area (TPSA) is 52.7 Å². The summed E-state index contributed by atoms with van der Waals surface area (Å²) in [4.78, 5) is 6.28. The first-order valence-corrected chi connectivity index (χ1v) is 12.6. The second-order valence-corrected chi connectivity index (χ2v) is 10.2. The fourth-order valence-electron chi connectivity index (χ4n) is 4.08. The Morgan fingerprint density at radius 3 is 2.10 bits per heavy atom. The van der Waals surface area contributed by atoms with Crippen LogP contribution in [0.25, 0.3) is 0 Å². The van der Waals surface area contributed by atoms with Crippen molar-refractivity contribution < 1.29 is 8.42 Å². The predicted molar refractivity (Wildman–Crippen MR) is 124 cm³/mol. The Labute approximate surface area is 183 Å². The van der Waals surface area contributed by atoms with Gasteiger partial charge in [-0.05, 0) is 42.6 Å². The maximum atomic E-state index is 12.9. The van der Waals surface area contributed by atoms with E-state index in [9.17, 15) is 8.42 Å². The molecule has 1 aliphatic heterocycles. The number of sulfonamides is 1. The maximum Gasteiger partial charge on any atom is 0.240 e. The van der Waals surface area contributed by atoms with Crippen molar-refractivity contribution in [3.05, 3.63) is 83.1 Å². The van der Waals surface area contributed by atoms with Crippen LogP contribution in [-0.2, 0) is 10.0 Å². The number of nitrogens with one attached hydrogen (secondary N) is 1. The molecule has 0 spiro atoms. The van der Waals surface area contributed by atoms with Gasteiger partial charge in [-0.15, -0.1) is 11.3 Å². The standard InChI is InChI=1S/C23H27N3O2S2/c1-19(24-30(27,28)21-11-6-3-7-12-21)23(22-13-8-18-29-22)26-16-14-25(15-17-26)20-9-4-2-5-10-20/h2-13,18-19,23-24H,14-17H2,1H3/t19-,23+/m0/s1. The van der Waals surface area contributed by atoms with E-state index in [0.29, 0.717) is 4.90 Å². The van der Waals surface area contributed by atoms with Crippen LogP contribution >= 0.6 is 11.3 Å². The molecule has 1 aliphatic rings. The number of piperazine rings is 1. The number of benzene rings is 2. The number of rotatable bonds is 7. The maximum absolute atomic E-state index is 12.9. The van der Waals surface area contributed by atoms with Crippen LogP contribution in [0.5, 0.6) is 0 Å². The molecule has 30 heavy (non-hydrogen) atoms. The molecule has 2 heterocycles. The third-order valence-corrected chi connectivity index (χ3v) is 8.05. The Kier molecular flexibility index (Phi) is 6.53. The van der Waals surface area contributed by atoms with Gasteiger partial charge in [0, 0.05) is 42.8 Å². The van der Waals surface area contributed by atoms with Crippen molar-refractivity contribution in [2.45, 2.75) is 23.9 Å². The van der Waals surface area contributed by atoms with Crippen LogP contribution in [0.2, 0.25) is 0 Å². The molecule has 1 aromatic heterocycles. The summed E-state index contributed by atoms with van der Waals surface area (Å²) in [5.74, 6) is 0. The lowest BCUT2D eigenvalue weighted by molar-refractivity contribution is 0.164. The highest BCUT2D eigenvalue weighted by atomic mass is 32.2. The fourth-order valence-corrected chi connectivity index (χ4v) is 6.31. The highest BCUT2D eigenvalue weighted by Gasteiger charge is 2.32. The number of nitrogens with zero attached hydrogens (tertiary/aromatic N) is 2. The van der Waals surface area contributed by atoms with Crippen LogP contribution in [0.3, 0.4) is 0 Å². The van der Waals surface area contributed by atoms with Crippen LogP contribution < -0.4 is 9.62 Å². The minimum atomic E-state index is -3.57. The smallest absolute Gasteiger partial charge is 0.240 e. The molecule has 0 radical (unpaired) electrons. The Balaban J connectivity index is 1.50. The summed E-state index contributed by atoms with van der Waals surface area (Å²) in [5.41, 5.74) is 1.24. The van der Waals surface area contributed by atoms with Crippen LogP contribution in [0, 0.1) is 0 Å². The van der Waals surface area contributed by atoms with Gasteiger partial charge in [-0.3, -0.25) is 4.90 Å².